The fraction of sp³-hybridized carbons (Fsp3) is 0.667. The molecule has 96 valence electrons. The van der Waals surface area contributed by atoms with Gasteiger partial charge < -0.3 is 15.4 Å². The van der Waals surface area contributed by atoms with Crippen LogP contribution in [0.2, 0.25) is 0 Å². The van der Waals surface area contributed by atoms with E-state index in [9.17, 15) is 8.42 Å². The molecule has 2 rings (SSSR count). The summed E-state index contributed by atoms with van der Waals surface area (Å²) >= 11 is 1.25. The highest BCUT2D eigenvalue weighted by Gasteiger charge is 2.26. The van der Waals surface area contributed by atoms with E-state index in [1.54, 1.807) is 0 Å². The zero-order chi connectivity index (χ0) is 12.5. The molecule has 0 unspecified atom stereocenters. The summed E-state index contributed by atoms with van der Waals surface area (Å²) in [4.78, 5) is 1.97. The van der Waals surface area contributed by atoms with Crippen molar-refractivity contribution in [3.05, 3.63) is 0 Å². The highest BCUT2D eigenvalue weighted by atomic mass is 32.2. The first kappa shape index (κ1) is 12.4. The van der Waals surface area contributed by atoms with E-state index in [1.807, 2.05) is 11.8 Å². The maximum absolute atomic E-state index is 11.3. The molecule has 17 heavy (non-hydrogen) atoms. The Labute approximate surface area is 104 Å². The van der Waals surface area contributed by atoms with Crippen molar-refractivity contribution in [3.8, 4) is 5.75 Å². The lowest BCUT2D eigenvalue weighted by molar-refractivity contribution is 0.343. The van der Waals surface area contributed by atoms with Crippen LogP contribution in [0.1, 0.15) is 6.92 Å². The molecular weight excluding hydrogens is 262 g/mol. The predicted octanol–water partition coefficient (Wildman–Crippen LogP) is 0.359. The summed E-state index contributed by atoms with van der Waals surface area (Å²) in [6.07, 6.45) is 0. The van der Waals surface area contributed by atoms with Crippen LogP contribution >= 0.6 is 11.5 Å². The highest BCUT2D eigenvalue weighted by Crippen LogP contribution is 2.38. The Morgan fingerprint density at radius 2 is 2.12 bits per heavy atom. The summed E-state index contributed by atoms with van der Waals surface area (Å²) in [7, 11) is -2.87. The largest absolute Gasteiger partial charge is 0.487 e. The van der Waals surface area contributed by atoms with Gasteiger partial charge in [-0.1, -0.05) is 0 Å². The topological polar surface area (TPSA) is 85.5 Å². The average Bonchev–Trinajstić information content (AvgIpc) is 2.62. The van der Waals surface area contributed by atoms with Crippen molar-refractivity contribution in [1.82, 2.24) is 4.37 Å². The monoisotopic (exact) mass is 277 g/mol. The molecule has 1 fully saturated rings. The third-order valence-electron chi connectivity index (χ3n) is 2.58. The molecule has 0 spiro atoms. The molecule has 6 nitrogen and oxygen atoms in total. The van der Waals surface area contributed by atoms with Gasteiger partial charge >= 0.3 is 0 Å². The molecule has 0 bridgehead atoms. The number of rotatable bonds is 3. The fourth-order valence-electron chi connectivity index (χ4n) is 1.68. The molecule has 0 saturated carbocycles. The quantitative estimate of drug-likeness (QED) is 0.858. The third-order valence-corrected chi connectivity index (χ3v) is 5.09. The van der Waals surface area contributed by atoms with Gasteiger partial charge in [-0.15, -0.1) is 0 Å². The highest BCUT2D eigenvalue weighted by molar-refractivity contribution is 7.91. The number of hydrogen-bond acceptors (Lipinski definition) is 7. The van der Waals surface area contributed by atoms with Crippen LogP contribution < -0.4 is 15.4 Å². The standard InChI is InChI=1S/C9H15N3O3S2/c1-2-15-7-8(10)11-16-9(7)12-3-5-17(13,14)6-4-12/h2-6H2,1H3,(H2,10,11). The van der Waals surface area contributed by atoms with Gasteiger partial charge in [-0.25, -0.2) is 8.42 Å². The minimum Gasteiger partial charge on any atom is -0.487 e. The van der Waals surface area contributed by atoms with E-state index < -0.39 is 9.84 Å². The molecular formula is C9H15N3O3S2. The number of nitrogens with two attached hydrogens (primary N) is 1. The Balaban J connectivity index is 2.18. The van der Waals surface area contributed by atoms with Gasteiger partial charge in [-0.3, -0.25) is 0 Å². The van der Waals surface area contributed by atoms with Gasteiger partial charge in [0, 0.05) is 13.1 Å². The molecule has 8 heteroatoms. The van der Waals surface area contributed by atoms with Crippen molar-refractivity contribution in [3.63, 3.8) is 0 Å². The predicted molar refractivity (Wildman–Crippen MR) is 68.6 cm³/mol. The number of nitrogen functional groups attached to an aromatic ring is 1. The van der Waals surface area contributed by atoms with Crippen LogP contribution in [0.25, 0.3) is 0 Å². The van der Waals surface area contributed by atoms with Crippen LogP contribution in [0.5, 0.6) is 5.75 Å². The maximum Gasteiger partial charge on any atom is 0.197 e. The smallest absolute Gasteiger partial charge is 0.197 e. The van der Waals surface area contributed by atoms with Gasteiger partial charge in [-0.2, -0.15) is 4.37 Å². The van der Waals surface area contributed by atoms with E-state index in [4.69, 9.17) is 10.5 Å². The van der Waals surface area contributed by atoms with Crippen LogP contribution in [0, 0.1) is 0 Å². The Morgan fingerprint density at radius 1 is 1.47 bits per heavy atom. The zero-order valence-corrected chi connectivity index (χ0v) is 11.2. The van der Waals surface area contributed by atoms with Gasteiger partial charge in [-0.05, 0) is 18.5 Å². The summed E-state index contributed by atoms with van der Waals surface area (Å²) in [6.45, 7) is 3.34. The van der Waals surface area contributed by atoms with Crippen LogP contribution in [-0.2, 0) is 9.84 Å². The second-order valence-electron chi connectivity index (χ2n) is 3.77. The molecule has 0 atom stereocenters. The van der Waals surface area contributed by atoms with E-state index in [0.717, 1.165) is 5.00 Å². The maximum atomic E-state index is 11.3. The summed E-state index contributed by atoms with van der Waals surface area (Å²) < 4.78 is 32.2. The second-order valence-corrected chi connectivity index (χ2v) is 6.83. The van der Waals surface area contributed by atoms with Gasteiger partial charge in [0.15, 0.2) is 26.4 Å². The summed E-state index contributed by atoms with van der Waals surface area (Å²) in [5.41, 5.74) is 5.72. The van der Waals surface area contributed by atoms with Crippen molar-refractivity contribution in [2.24, 2.45) is 0 Å². The average molecular weight is 277 g/mol. The fourth-order valence-corrected chi connectivity index (χ4v) is 3.70. The lowest BCUT2D eigenvalue weighted by atomic mass is 10.4. The molecule has 0 aromatic carbocycles. The summed E-state index contributed by atoms with van der Waals surface area (Å²) in [5.74, 6) is 1.31. The van der Waals surface area contributed by atoms with E-state index in [-0.39, 0.29) is 11.5 Å². The van der Waals surface area contributed by atoms with Crippen LogP contribution in [-0.4, -0.2) is 44.0 Å². The van der Waals surface area contributed by atoms with Crippen molar-refractivity contribution in [2.45, 2.75) is 6.92 Å². The van der Waals surface area contributed by atoms with E-state index in [2.05, 4.69) is 4.37 Å². The van der Waals surface area contributed by atoms with E-state index in [1.165, 1.54) is 11.5 Å². The van der Waals surface area contributed by atoms with E-state index >= 15 is 0 Å². The van der Waals surface area contributed by atoms with Crippen molar-refractivity contribution in [1.29, 1.82) is 0 Å². The lowest BCUT2D eigenvalue weighted by Gasteiger charge is -2.27. The van der Waals surface area contributed by atoms with Crippen molar-refractivity contribution in [2.75, 3.05) is 41.8 Å². The number of nitrogens with zero attached hydrogens (tertiary/aromatic N) is 2. The van der Waals surface area contributed by atoms with Gasteiger partial charge in [0.2, 0.25) is 0 Å². The Bertz CT molecular complexity index is 484. The molecule has 1 aliphatic rings. The number of sulfone groups is 1. The Kier molecular flexibility index (Phi) is 3.43. The SMILES string of the molecule is CCOc1c(N)nsc1N1CCS(=O)(=O)CC1. The summed E-state index contributed by atoms with van der Waals surface area (Å²) in [5, 5.41) is 0.833. The molecule has 2 heterocycles. The lowest BCUT2D eigenvalue weighted by Crippen LogP contribution is -2.40. The second kappa shape index (κ2) is 4.69. The van der Waals surface area contributed by atoms with Crippen molar-refractivity contribution < 1.29 is 13.2 Å². The van der Waals surface area contributed by atoms with Crippen molar-refractivity contribution >= 4 is 32.2 Å². The molecule has 1 aliphatic heterocycles. The molecule has 1 aromatic heterocycles. The Hall–Kier alpha value is -1.02. The first-order valence-electron chi connectivity index (χ1n) is 5.37. The summed E-state index contributed by atoms with van der Waals surface area (Å²) in [6, 6.07) is 0. The minimum absolute atomic E-state index is 0.177. The molecule has 1 saturated heterocycles. The normalized spacial score (nSPS) is 19.2. The van der Waals surface area contributed by atoms with Crippen LogP contribution in [0.4, 0.5) is 10.8 Å². The van der Waals surface area contributed by atoms with Gasteiger partial charge in [0.05, 0.1) is 18.1 Å². The number of aromatic nitrogens is 1. The first-order valence-corrected chi connectivity index (χ1v) is 7.96. The molecule has 1 aromatic rings. The number of hydrogen-bond donors (Lipinski definition) is 1. The molecule has 0 aliphatic carbocycles. The van der Waals surface area contributed by atoms with E-state index in [0.29, 0.717) is 31.3 Å². The van der Waals surface area contributed by atoms with Gasteiger partial charge in [0.25, 0.3) is 0 Å². The molecule has 0 amide bonds. The molecule has 2 N–H and O–H groups in total. The van der Waals surface area contributed by atoms with Crippen LogP contribution in [0.3, 0.4) is 0 Å². The number of ether oxygens (including phenoxy) is 1. The third kappa shape index (κ3) is 2.63. The Morgan fingerprint density at radius 3 is 2.71 bits per heavy atom. The van der Waals surface area contributed by atoms with Crippen LogP contribution in [0.15, 0.2) is 0 Å². The first-order chi connectivity index (χ1) is 8.03. The minimum atomic E-state index is -2.87. The molecule has 0 radical (unpaired) electrons. The van der Waals surface area contributed by atoms with Gasteiger partial charge in [0.1, 0.15) is 0 Å². The zero-order valence-electron chi connectivity index (χ0n) is 9.55. The number of anilines is 2.